The van der Waals surface area contributed by atoms with Gasteiger partial charge < -0.3 is 41.3 Å². The quantitative estimate of drug-likeness (QED) is 0.125. The minimum Gasteiger partial charge on any atom is -0.391 e. The molecule has 6 N–H and O–H groups in total. The number of thiophene rings is 1. The van der Waals surface area contributed by atoms with Gasteiger partial charge in [0.1, 0.15) is 52.8 Å². The van der Waals surface area contributed by atoms with Gasteiger partial charge in [-0.1, -0.05) is 104 Å². The summed E-state index contributed by atoms with van der Waals surface area (Å²) in [7, 11) is 0. The van der Waals surface area contributed by atoms with Gasteiger partial charge in [-0.05, 0) is 67.5 Å². The van der Waals surface area contributed by atoms with E-state index in [0.717, 1.165) is 37.7 Å². The van der Waals surface area contributed by atoms with E-state index in [1.54, 1.807) is 29.7 Å². The second kappa shape index (κ2) is 23.7. The first-order chi connectivity index (χ1) is 37.7. The highest BCUT2D eigenvalue weighted by Crippen LogP contribution is 2.40. The fraction of sp³-hybridized carbons (Fsp3) is 0.411. The number of aliphatic hydroxyl groups is 1. The van der Waals surface area contributed by atoms with Crippen molar-refractivity contribution in [3.63, 3.8) is 0 Å². The molecule has 0 unspecified atom stereocenters. The molecule has 0 radical (unpaired) electrons. The largest absolute Gasteiger partial charge is 0.391 e. The van der Waals surface area contributed by atoms with Crippen LogP contribution in [0.4, 0.5) is 0 Å². The van der Waals surface area contributed by atoms with Crippen molar-refractivity contribution >= 4 is 64.1 Å². The Labute approximate surface area is 465 Å². The molecule has 21 nitrogen and oxygen atoms in total. The maximum absolute atomic E-state index is 14.6. The van der Waals surface area contributed by atoms with Crippen molar-refractivity contribution < 1.29 is 38.6 Å². The number of nitrogens with one attached hydrogen (secondary N) is 5. The maximum atomic E-state index is 14.6. The number of carbonyl (C=O) groups excluding carboxylic acids is 6. The molecule has 23 heteroatoms. The molecular weight excluding hydrogens is 1050 g/mol. The number of hydrogen-bond donors (Lipinski definition) is 6. The SMILES string of the molecule is Cc1sc2c(c1C)C(c1ccc(Cl)cc1)=N[C@@H](CC(=O)NC[C@H]1NC(=O)[C@@H](C)NC(=O)[C@@H](Cc3ccc(-c4ccccc4)cc3)NC(=O)[C@@H]3C[C@@H](O)CN3C(=O)[C@H](C(C)(C)C)n3cc(nn3)COCCNC1=O)c1nnc(C)n1-2. The van der Waals surface area contributed by atoms with Crippen LogP contribution >= 0.6 is 22.9 Å². The Hall–Kier alpha value is -7.66. The Kier molecular flexibility index (Phi) is 16.9. The number of halogens is 1. The monoisotopic (exact) mass is 1110 g/mol. The van der Waals surface area contributed by atoms with Crippen molar-refractivity contribution in [1.82, 2.24) is 61.2 Å². The van der Waals surface area contributed by atoms with Crippen LogP contribution in [0.2, 0.25) is 5.02 Å². The van der Waals surface area contributed by atoms with Gasteiger partial charge in [0.2, 0.25) is 35.4 Å². The molecule has 3 aromatic heterocycles. The van der Waals surface area contributed by atoms with Crippen molar-refractivity contribution in [3.8, 4) is 16.1 Å². The van der Waals surface area contributed by atoms with Crippen LogP contribution in [0, 0.1) is 26.2 Å². The van der Waals surface area contributed by atoms with E-state index in [0.29, 0.717) is 33.6 Å². The van der Waals surface area contributed by atoms with Crippen LogP contribution in [0.25, 0.3) is 16.1 Å². The molecule has 3 aliphatic rings. The van der Waals surface area contributed by atoms with Gasteiger partial charge in [0.25, 0.3) is 0 Å². The Morgan fingerprint density at radius 1 is 0.848 bits per heavy atom. The second-order valence-corrected chi connectivity index (χ2v) is 22.9. The van der Waals surface area contributed by atoms with Crippen molar-refractivity contribution in [2.75, 3.05) is 26.2 Å². The van der Waals surface area contributed by atoms with Crippen LogP contribution in [-0.2, 0) is 46.5 Å². The molecular formula is C56H64ClN13O8S. The predicted octanol–water partition coefficient (Wildman–Crippen LogP) is 4.18. The summed E-state index contributed by atoms with van der Waals surface area (Å²) in [5, 5.41) is 43.7. The highest BCUT2D eigenvalue weighted by Gasteiger charge is 2.46. The van der Waals surface area contributed by atoms with Crippen LogP contribution in [-0.4, -0.2) is 137 Å². The van der Waals surface area contributed by atoms with Gasteiger partial charge in [-0.2, -0.15) is 0 Å². The van der Waals surface area contributed by atoms with Crippen LogP contribution in [0.3, 0.4) is 0 Å². The lowest BCUT2D eigenvalue weighted by Crippen LogP contribution is -2.59. The Balaban J connectivity index is 0.978. The number of nitrogens with zero attached hydrogens (tertiary/aromatic N) is 8. The summed E-state index contributed by atoms with van der Waals surface area (Å²) >= 11 is 7.88. The molecule has 3 aliphatic heterocycles. The fourth-order valence-electron chi connectivity index (χ4n) is 10.1. The highest BCUT2D eigenvalue weighted by atomic mass is 35.5. The molecule has 3 aromatic carbocycles. The summed E-state index contributed by atoms with van der Waals surface area (Å²) in [4.78, 5) is 93.5. The van der Waals surface area contributed by atoms with Crippen LogP contribution in [0.15, 0.2) is 90.1 Å². The van der Waals surface area contributed by atoms with E-state index in [9.17, 15) is 33.9 Å². The third-order valence-corrected chi connectivity index (χ3v) is 15.7. The molecule has 79 heavy (non-hydrogen) atoms. The lowest BCUT2D eigenvalue weighted by Gasteiger charge is -2.35. The van der Waals surface area contributed by atoms with E-state index in [4.69, 9.17) is 21.3 Å². The topological polar surface area (TPSA) is 269 Å². The van der Waals surface area contributed by atoms with Crippen LogP contribution in [0.5, 0.6) is 0 Å². The number of hydrogen-bond acceptors (Lipinski definition) is 14. The number of aromatic nitrogens is 6. The minimum absolute atomic E-state index is 0.00122. The van der Waals surface area contributed by atoms with Crippen molar-refractivity contribution in [3.05, 3.63) is 135 Å². The van der Waals surface area contributed by atoms with Gasteiger partial charge in [0.15, 0.2) is 5.82 Å². The number of aliphatic hydroxyl groups excluding tert-OH is 1. The average Bonchev–Trinajstić information content (AvgIpc) is 4.05. The molecule has 6 heterocycles. The number of ether oxygens (including phenoxy) is 1. The molecule has 6 amide bonds. The minimum atomic E-state index is -1.36. The molecule has 414 valence electrons. The van der Waals surface area contributed by atoms with E-state index in [1.807, 2.05) is 113 Å². The van der Waals surface area contributed by atoms with Gasteiger partial charge in [-0.15, -0.1) is 26.6 Å². The molecule has 0 aliphatic carbocycles. The first-order valence-corrected chi connectivity index (χ1v) is 27.4. The van der Waals surface area contributed by atoms with E-state index < -0.39 is 83.2 Å². The molecule has 6 aromatic rings. The first kappa shape index (κ1) is 56.1. The van der Waals surface area contributed by atoms with Gasteiger partial charge in [-0.25, -0.2) is 4.68 Å². The number of fused-ring (bicyclic) bond motifs is 6. The third-order valence-electron chi connectivity index (χ3n) is 14.3. The lowest BCUT2D eigenvalue weighted by atomic mass is 9.85. The van der Waals surface area contributed by atoms with Gasteiger partial charge in [-0.3, -0.25) is 38.3 Å². The second-order valence-electron chi connectivity index (χ2n) is 21.2. The smallest absolute Gasteiger partial charge is 0.248 e. The van der Waals surface area contributed by atoms with Crippen molar-refractivity contribution in [2.24, 2.45) is 10.4 Å². The molecule has 1 fully saturated rings. The third kappa shape index (κ3) is 12.6. The molecule has 7 atom stereocenters. The number of aliphatic imine (C=N–C) groups is 1. The fourth-order valence-corrected chi connectivity index (χ4v) is 11.4. The van der Waals surface area contributed by atoms with Crippen LogP contribution in [0.1, 0.15) is 97.1 Å². The molecule has 9 rings (SSSR count). The number of rotatable bonds is 8. The number of aryl methyl sites for hydroxylation is 2. The first-order valence-electron chi connectivity index (χ1n) is 26.2. The Morgan fingerprint density at radius 2 is 1.54 bits per heavy atom. The molecule has 1 saturated heterocycles. The zero-order chi connectivity index (χ0) is 56.3. The summed E-state index contributed by atoms with van der Waals surface area (Å²) in [6.07, 6.45) is 0.200. The molecule has 0 saturated carbocycles. The maximum Gasteiger partial charge on any atom is 0.248 e. The van der Waals surface area contributed by atoms with E-state index >= 15 is 0 Å². The van der Waals surface area contributed by atoms with Crippen molar-refractivity contribution in [2.45, 2.75) is 117 Å². The highest BCUT2D eigenvalue weighted by molar-refractivity contribution is 7.15. The summed E-state index contributed by atoms with van der Waals surface area (Å²) in [6.45, 7) is 12.3. The van der Waals surface area contributed by atoms with E-state index in [2.05, 4.69) is 47.1 Å². The van der Waals surface area contributed by atoms with Gasteiger partial charge >= 0.3 is 0 Å². The molecule has 0 spiro atoms. The van der Waals surface area contributed by atoms with Gasteiger partial charge in [0, 0.05) is 53.5 Å². The van der Waals surface area contributed by atoms with Gasteiger partial charge in [0.05, 0.1) is 37.6 Å². The summed E-state index contributed by atoms with van der Waals surface area (Å²) in [6, 6.07) is 17.6. The molecule has 2 bridgehead atoms. The van der Waals surface area contributed by atoms with E-state index in [1.165, 1.54) is 16.5 Å². The number of amides is 6. The summed E-state index contributed by atoms with van der Waals surface area (Å²) in [5.74, 6) is -2.79. The summed E-state index contributed by atoms with van der Waals surface area (Å²) in [5.41, 5.74) is 5.56. The Bertz CT molecular complexity index is 3280. The van der Waals surface area contributed by atoms with Crippen molar-refractivity contribution in [1.29, 1.82) is 0 Å². The van der Waals surface area contributed by atoms with Crippen LogP contribution < -0.4 is 26.6 Å². The Morgan fingerprint density at radius 3 is 2.27 bits per heavy atom. The lowest BCUT2D eigenvalue weighted by molar-refractivity contribution is -0.144. The standard InChI is InChI=1S/C56H64ClN13O8S/c1-30-32(3)79-55-46(30)47(37-17-19-38(57)20-18-37)61-41(49-66-64-33(4)70(49)55)25-45(72)59-26-43-51(74)58-21-22-78-29-39-27-69(67-65-39)48(56(5,6)7)54(77)68-28-40(71)24-44(68)53(76)62-42(52(75)60-31(2)50(73)63-43)23-34-13-15-36(16-14-34)35-11-9-8-10-12-35/h8-20,27,31,40-44,48,71H,21-26,28-29H2,1-7H3,(H,58,74)(H,59,72)(H,60,75)(H,62,76)(H,63,73)/t31-,40-,41+,42-,43-,44+,48-/m1/s1. The number of benzene rings is 3. The average molecular weight is 1110 g/mol. The predicted molar refractivity (Wildman–Crippen MR) is 295 cm³/mol. The summed E-state index contributed by atoms with van der Waals surface area (Å²) < 4.78 is 9.19. The normalized spacial score (nSPS) is 22.6. The number of carbonyl (C=O) groups is 6. The zero-order valence-corrected chi connectivity index (χ0v) is 46.5. The zero-order valence-electron chi connectivity index (χ0n) is 45.0. The van der Waals surface area contributed by atoms with E-state index in [-0.39, 0.29) is 52.1 Å².